The standard InChI is InChI=1S/C64H110I4NO2.C7H15.U/c1-9-12-15-18-19-20-21-22-30-38-49-67-63(70)61-52-60(53-62(54-61)64(71)68-50-40-41-55(4)5)58(8)69-51-39-35-46-59(45-34-27-26-32-43-57(7)66-48-37-29-17-14-11-3)44-33-25-23-24-31-42-56(6)65-47-36-28-16-13-10-2;1-3-5-7-6-4-2;/h46,52-53,55,62,69H,1,6-8,10-45,47-51,54H2,2-5H3;1,3-7H2,2H3;/q-5;-1;+2/b59-46-;;. The average molecular weight is 1770 g/mol. The van der Waals surface area contributed by atoms with E-state index in [1.165, 1.54) is 234 Å². The fourth-order valence-electron chi connectivity index (χ4n) is 9.50. The van der Waals surface area contributed by atoms with Crippen LogP contribution in [0.25, 0.3) is 0 Å². The van der Waals surface area contributed by atoms with Gasteiger partial charge in [0.15, 0.2) is 0 Å². The van der Waals surface area contributed by atoms with Crippen molar-refractivity contribution in [3.8, 4) is 0 Å². The Labute approximate surface area is 559 Å². The van der Waals surface area contributed by atoms with Crippen molar-refractivity contribution in [1.82, 2.24) is 5.32 Å². The molecule has 0 heterocycles. The minimum Gasteiger partial charge on any atom is -0.343 e. The number of rotatable bonds is 58. The molecule has 462 valence electrons. The van der Waals surface area contributed by atoms with Crippen LogP contribution >= 0.6 is 0 Å². The van der Waals surface area contributed by atoms with E-state index < -0.39 is 42.4 Å². The molecule has 8 heteroatoms. The van der Waals surface area contributed by atoms with Gasteiger partial charge in [-0.2, -0.15) is 6.42 Å². The molecule has 0 saturated heterocycles. The molecule has 1 unspecified atom stereocenters. The summed E-state index contributed by atoms with van der Waals surface area (Å²) in [5.74, 6) is 0.510. The molecule has 1 atom stereocenters. The van der Waals surface area contributed by atoms with Crippen molar-refractivity contribution in [2.75, 3.05) is 24.3 Å². The van der Waals surface area contributed by atoms with Crippen LogP contribution in [0, 0.1) is 55.9 Å². The molecule has 1 N–H and O–H groups in total. The first-order chi connectivity index (χ1) is 38.0. The van der Waals surface area contributed by atoms with E-state index >= 15 is 0 Å². The number of hydrogen-bond donors (Lipinski definition) is 1. The zero-order chi connectivity index (χ0) is 57.4. The smallest absolute Gasteiger partial charge is 0.343 e. The maximum Gasteiger partial charge on any atom is 2.00 e. The van der Waals surface area contributed by atoms with Gasteiger partial charge in [-0.25, -0.2) is 0 Å². The quantitative estimate of drug-likeness (QED) is 0.0165. The van der Waals surface area contributed by atoms with Gasteiger partial charge < -0.3 is 6.92 Å². The van der Waals surface area contributed by atoms with Crippen molar-refractivity contribution >= 4 is 7.58 Å². The van der Waals surface area contributed by atoms with Gasteiger partial charge in [0.1, 0.15) is 0 Å². The number of carbonyl (C=O) groups excluding carboxylic acids is 2. The van der Waals surface area contributed by atoms with Gasteiger partial charge in [0.05, 0.1) is 0 Å². The summed E-state index contributed by atoms with van der Waals surface area (Å²) >= 11 is -0.713. The number of allylic oxidation sites excluding steroid dienone is 8. The molecule has 0 aromatic carbocycles. The fraction of sp³-hybridized carbons (Fsp3) is 0.761. The molecular formula is C71H125I4NO2U-4. The van der Waals surface area contributed by atoms with Crippen LogP contribution in [0.3, 0.4) is 0 Å². The SMILES string of the molecule is C=[C-]CCCCCCCCCC[I-]C(=O)C1=CC(C(=C)NCCC/C=C(/CCCCCCCC(=C)[I-]CCCCCCC)CCCCCCC(=C)[I-]CCCCCCC)=CC(C(=O)[I-]CCCC(C)C)C1.[CH2-]CCCCCC.[U+2]. The molecule has 0 bridgehead atoms. The normalized spacial score (nSPS) is 13.5. The van der Waals surface area contributed by atoms with Crippen molar-refractivity contribution in [3.05, 3.63) is 87.1 Å². The second kappa shape index (κ2) is 63.8. The predicted molar refractivity (Wildman–Crippen MR) is 333 cm³/mol. The van der Waals surface area contributed by atoms with Crippen LogP contribution in [0.5, 0.6) is 0 Å². The third-order valence-electron chi connectivity index (χ3n) is 14.6. The summed E-state index contributed by atoms with van der Waals surface area (Å²) in [4.78, 5) is 27.4. The molecule has 0 saturated carbocycles. The van der Waals surface area contributed by atoms with E-state index in [0.29, 0.717) is 19.9 Å². The van der Waals surface area contributed by atoms with E-state index in [9.17, 15) is 9.59 Å². The maximum atomic E-state index is 13.7. The van der Waals surface area contributed by atoms with Crippen molar-refractivity contribution in [2.45, 2.75) is 304 Å². The summed E-state index contributed by atoms with van der Waals surface area (Å²) in [7, 11) is 0. The van der Waals surface area contributed by atoms with Crippen LogP contribution in [0.2, 0.25) is 0 Å². The van der Waals surface area contributed by atoms with Crippen LogP contribution in [0.15, 0.2) is 74.1 Å². The minimum absolute atomic E-state index is 0. The van der Waals surface area contributed by atoms with Gasteiger partial charge in [0.2, 0.25) is 0 Å². The molecule has 0 amide bonds. The molecule has 0 fully saturated rings. The van der Waals surface area contributed by atoms with Crippen molar-refractivity contribution in [3.63, 3.8) is 0 Å². The molecule has 1 aliphatic rings. The molecule has 1 rings (SSSR count). The van der Waals surface area contributed by atoms with Crippen molar-refractivity contribution in [2.24, 2.45) is 11.8 Å². The van der Waals surface area contributed by atoms with E-state index in [2.05, 4.69) is 97.5 Å². The van der Waals surface area contributed by atoms with Crippen LogP contribution in [-0.2, 0) is 9.59 Å². The summed E-state index contributed by atoms with van der Waals surface area (Å²) < 4.78 is 8.89. The molecule has 0 aromatic rings. The van der Waals surface area contributed by atoms with Gasteiger partial charge in [0, 0.05) is 0 Å². The second-order valence-corrected chi connectivity index (χ2v) is 35.2. The first-order valence-corrected chi connectivity index (χ1v) is 43.1. The fourth-order valence-corrected chi connectivity index (χ4v) is 19.0. The monoisotopic (exact) mass is 1770 g/mol. The molecule has 3 nitrogen and oxygen atoms in total. The van der Waals surface area contributed by atoms with Crippen LogP contribution in [-0.4, -0.2) is 31.8 Å². The minimum atomic E-state index is -0.567. The molecule has 0 radical (unpaired) electrons. The summed E-state index contributed by atoms with van der Waals surface area (Å²) in [6, 6.07) is 0. The van der Waals surface area contributed by atoms with Crippen LogP contribution < -0.4 is 90.1 Å². The van der Waals surface area contributed by atoms with Gasteiger partial charge in [-0.3, -0.25) is 0 Å². The Morgan fingerprint density at radius 1 is 0.595 bits per heavy atom. The van der Waals surface area contributed by atoms with E-state index in [4.69, 9.17) is 0 Å². The summed E-state index contributed by atoms with van der Waals surface area (Å²) in [6.45, 7) is 33.1. The number of unbranched alkanes of at least 4 members (excludes halogenated alkanes) is 28. The Morgan fingerprint density at radius 3 is 1.53 bits per heavy atom. The summed E-state index contributed by atoms with van der Waals surface area (Å²) in [5, 5.41) is 3.64. The van der Waals surface area contributed by atoms with Gasteiger partial charge in [0.25, 0.3) is 0 Å². The third-order valence-corrected chi connectivity index (χ3v) is 26.0. The van der Waals surface area contributed by atoms with Gasteiger partial charge >= 0.3 is 520 Å². The Morgan fingerprint density at radius 2 is 1.04 bits per heavy atom. The van der Waals surface area contributed by atoms with Gasteiger partial charge in [-0.1, -0.05) is 32.6 Å². The summed E-state index contributed by atoms with van der Waals surface area (Å²) in [6.07, 6.45) is 63.5. The third kappa shape index (κ3) is 55.6. The molecule has 0 aliphatic heterocycles. The Kier molecular flexibility index (Phi) is 66.5. The largest absolute Gasteiger partial charge is 2.00 e. The van der Waals surface area contributed by atoms with E-state index in [1.54, 1.807) is 12.7 Å². The molecule has 79 heavy (non-hydrogen) atoms. The first-order valence-electron chi connectivity index (χ1n) is 32.6. The summed E-state index contributed by atoms with van der Waals surface area (Å²) in [5.41, 5.74) is 4.42. The predicted octanol–water partition coefficient (Wildman–Crippen LogP) is 9.84. The first kappa shape index (κ1) is 82.4. The Hall–Kier alpha value is 1.29. The van der Waals surface area contributed by atoms with Gasteiger partial charge in [-0.15, -0.1) is 0 Å². The molecule has 0 spiro atoms. The number of halogens is 4. The van der Waals surface area contributed by atoms with Crippen LogP contribution in [0.4, 0.5) is 0 Å². The zero-order valence-electron chi connectivity index (χ0n) is 52.5. The topological polar surface area (TPSA) is 46.2 Å². The maximum absolute atomic E-state index is 13.7. The van der Waals surface area contributed by atoms with E-state index in [1.807, 2.05) is 0 Å². The number of hydrogen-bond acceptors (Lipinski definition) is 3. The Balaban J connectivity index is 0. The number of nitrogens with one attached hydrogen (secondary N) is 1. The van der Waals surface area contributed by atoms with Crippen LogP contribution in [0.1, 0.15) is 304 Å². The number of alkyl halides is 4. The second-order valence-electron chi connectivity index (χ2n) is 22.7. The van der Waals surface area contributed by atoms with E-state index in [0.717, 1.165) is 70.8 Å². The Bertz CT molecular complexity index is 1580. The molecule has 1 aliphatic carbocycles. The molecule has 0 aromatic heterocycles. The molecular weight excluding hydrogens is 1640 g/mol. The number of carbonyl (C=O) groups is 2. The van der Waals surface area contributed by atoms with E-state index in [-0.39, 0.29) is 79.4 Å². The van der Waals surface area contributed by atoms with Gasteiger partial charge in [-0.05, 0) is 0 Å². The average Bonchev–Trinajstić information content (AvgIpc) is 3.43. The van der Waals surface area contributed by atoms with Crippen molar-refractivity contribution < 1.29 is 126 Å². The zero-order valence-corrected chi connectivity index (χ0v) is 65.3. The van der Waals surface area contributed by atoms with Crippen molar-refractivity contribution in [1.29, 1.82) is 0 Å².